The predicted octanol–water partition coefficient (Wildman–Crippen LogP) is 0.893. The van der Waals surface area contributed by atoms with Gasteiger partial charge in [-0.05, 0) is 17.7 Å². The summed E-state index contributed by atoms with van der Waals surface area (Å²) in [4.78, 5) is 22.6. The molecule has 0 spiro atoms. The molecule has 5 heteroatoms. The number of nitrogens with zero attached hydrogens (tertiary/aromatic N) is 1. The first-order chi connectivity index (χ1) is 7.11. The summed E-state index contributed by atoms with van der Waals surface area (Å²) in [6.07, 6.45) is 0.618. The maximum Gasteiger partial charge on any atom is 0.237 e. The second-order valence-electron chi connectivity index (χ2n) is 3.10. The smallest absolute Gasteiger partial charge is 0.237 e. The molecule has 0 saturated carbocycles. The van der Waals surface area contributed by atoms with E-state index >= 15 is 0 Å². The second kappa shape index (κ2) is 5.50. The lowest BCUT2D eigenvalue weighted by atomic mass is 10.2. The molecule has 0 aliphatic heterocycles. The zero-order valence-electron chi connectivity index (χ0n) is 8.02. The molecule has 0 radical (unpaired) electrons. The largest absolute Gasteiger partial charge is 0.368 e. The van der Waals surface area contributed by atoms with Crippen molar-refractivity contribution < 1.29 is 9.59 Å². The molecule has 1 rings (SSSR count). The SMILES string of the molecule is NC(=O)CN(C=O)Cc1ccc(Br)cc1. The molecule has 0 aromatic heterocycles. The fourth-order valence-electron chi connectivity index (χ4n) is 1.15. The minimum atomic E-state index is -0.515. The molecule has 1 aromatic rings. The van der Waals surface area contributed by atoms with Crippen LogP contribution in [0.2, 0.25) is 0 Å². The van der Waals surface area contributed by atoms with Crippen LogP contribution < -0.4 is 5.73 Å². The van der Waals surface area contributed by atoms with Crippen LogP contribution >= 0.6 is 15.9 Å². The summed E-state index contributed by atoms with van der Waals surface area (Å²) in [5, 5.41) is 0. The summed E-state index contributed by atoms with van der Waals surface area (Å²) < 4.78 is 0.971. The molecule has 0 unspecified atom stereocenters. The number of halogens is 1. The molecule has 0 atom stereocenters. The fourth-order valence-corrected chi connectivity index (χ4v) is 1.42. The van der Waals surface area contributed by atoms with Crippen molar-refractivity contribution in [2.24, 2.45) is 5.73 Å². The minimum absolute atomic E-state index is 0.0560. The Morgan fingerprint density at radius 1 is 1.40 bits per heavy atom. The maximum absolute atomic E-state index is 10.6. The highest BCUT2D eigenvalue weighted by atomic mass is 79.9. The lowest BCUT2D eigenvalue weighted by Gasteiger charge is -2.14. The lowest BCUT2D eigenvalue weighted by molar-refractivity contribution is -0.126. The molecule has 0 aliphatic rings. The molecule has 0 bridgehead atoms. The van der Waals surface area contributed by atoms with Gasteiger partial charge in [-0.15, -0.1) is 0 Å². The molecule has 4 nitrogen and oxygen atoms in total. The first kappa shape index (κ1) is 11.7. The number of hydrogen-bond acceptors (Lipinski definition) is 2. The van der Waals surface area contributed by atoms with E-state index in [1.807, 2.05) is 24.3 Å². The van der Waals surface area contributed by atoms with Crippen LogP contribution in [0, 0.1) is 0 Å². The number of nitrogens with two attached hydrogens (primary N) is 1. The monoisotopic (exact) mass is 270 g/mol. The Morgan fingerprint density at radius 2 is 2.00 bits per heavy atom. The third-order valence-electron chi connectivity index (χ3n) is 1.81. The van der Waals surface area contributed by atoms with E-state index in [0.717, 1.165) is 10.0 Å². The van der Waals surface area contributed by atoms with Crippen molar-refractivity contribution in [3.63, 3.8) is 0 Å². The molecule has 0 saturated heterocycles. The molecular formula is C10H11BrN2O2. The Bertz CT molecular complexity index is 351. The van der Waals surface area contributed by atoms with Crippen LogP contribution in [0.15, 0.2) is 28.7 Å². The number of benzene rings is 1. The van der Waals surface area contributed by atoms with E-state index in [9.17, 15) is 9.59 Å². The van der Waals surface area contributed by atoms with E-state index in [2.05, 4.69) is 15.9 Å². The third kappa shape index (κ3) is 4.12. The van der Waals surface area contributed by atoms with Gasteiger partial charge in [0.1, 0.15) is 0 Å². The van der Waals surface area contributed by atoms with E-state index in [0.29, 0.717) is 13.0 Å². The lowest BCUT2D eigenvalue weighted by Crippen LogP contribution is -2.32. The summed E-state index contributed by atoms with van der Waals surface area (Å²) >= 11 is 3.31. The van der Waals surface area contributed by atoms with Gasteiger partial charge in [0.05, 0.1) is 6.54 Å². The highest BCUT2D eigenvalue weighted by Gasteiger charge is 2.05. The van der Waals surface area contributed by atoms with Gasteiger partial charge in [-0.25, -0.2) is 0 Å². The Hall–Kier alpha value is -1.36. The van der Waals surface area contributed by atoms with Crippen molar-refractivity contribution in [3.8, 4) is 0 Å². The van der Waals surface area contributed by atoms with E-state index in [1.165, 1.54) is 4.90 Å². The van der Waals surface area contributed by atoms with Gasteiger partial charge in [-0.3, -0.25) is 9.59 Å². The molecule has 80 valence electrons. The maximum atomic E-state index is 10.6. The second-order valence-corrected chi connectivity index (χ2v) is 4.02. The summed E-state index contributed by atoms with van der Waals surface area (Å²) in [7, 11) is 0. The number of rotatable bonds is 5. The Kier molecular flexibility index (Phi) is 4.30. The van der Waals surface area contributed by atoms with Gasteiger partial charge in [-0.2, -0.15) is 0 Å². The number of carbonyl (C=O) groups is 2. The van der Waals surface area contributed by atoms with E-state index in [4.69, 9.17) is 5.73 Å². The average Bonchev–Trinajstić information content (AvgIpc) is 2.19. The summed E-state index contributed by atoms with van der Waals surface area (Å²) in [6, 6.07) is 7.51. The van der Waals surface area contributed by atoms with Crippen molar-refractivity contribution in [2.75, 3.05) is 6.54 Å². The third-order valence-corrected chi connectivity index (χ3v) is 2.34. The highest BCUT2D eigenvalue weighted by Crippen LogP contribution is 2.11. The first-order valence-corrected chi connectivity index (χ1v) is 5.13. The summed E-state index contributed by atoms with van der Waals surface area (Å²) in [5.41, 5.74) is 5.95. The number of carbonyl (C=O) groups excluding carboxylic acids is 2. The van der Waals surface area contributed by atoms with Crippen LogP contribution in [0.3, 0.4) is 0 Å². The van der Waals surface area contributed by atoms with Crippen molar-refractivity contribution >= 4 is 28.2 Å². The van der Waals surface area contributed by atoms with Crippen molar-refractivity contribution in [2.45, 2.75) is 6.54 Å². The van der Waals surface area contributed by atoms with Crippen LogP contribution in [0.5, 0.6) is 0 Å². The van der Waals surface area contributed by atoms with E-state index < -0.39 is 5.91 Å². The van der Waals surface area contributed by atoms with Gasteiger partial charge in [0, 0.05) is 11.0 Å². The number of hydrogen-bond donors (Lipinski definition) is 1. The van der Waals surface area contributed by atoms with Crippen molar-refractivity contribution in [3.05, 3.63) is 34.3 Å². The summed E-state index contributed by atoms with van der Waals surface area (Å²) in [5.74, 6) is -0.515. The molecule has 2 amide bonds. The van der Waals surface area contributed by atoms with Crippen molar-refractivity contribution in [1.29, 1.82) is 0 Å². The zero-order chi connectivity index (χ0) is 11.3. The predicted molar refractivity (Wildman–Crippen MR) is 59.8 cm³/mol. The van der Waals surface area contributed by atoms with E-state index in [1.54, 1.807) is 0 Å². The van der Waals surface area contributed by atoms with Gasteiger partial charge in [0.2, 0.25) is 12.3 Å². The molecule has 2 N–H and O–H groups in total. The van der Waals surface area contributed by atoms with Gasteiger partial charge >= 0.3 is 0 Å². The fraction of sp³-hybridized carbons (Fsp3) is 0.200. The average molecular weight is 271 g/mol. The van der Waals surface area contributed by atoms with Gasteiger partial charge in [0.15, 0.2) is 0 Å². The highest BCUT2D eigenvalue weighted by molar-refractivity contribution is 9.10. The van der Waals surface area contributed by atoms with Gasteiger partial charge in [-0.1, -0.05) is 28.1 Å². The van der Waals surface area contributed by atoms with E-state index in [-0.39, 0.29) is 6.54 Å². The normalized spacial score (nSPS) is 9.67. The van der Waals surface area contributed by atoms with Crippen LogP contribution in [-0.2, 0) is 16.1 Å². The van der Waals surface area contributed by atoms with Crippen LogP contribution in [0.25, 0.3) is 0 Å². The Morgan fingerprint density at radius 3 is 2.47 bits per heavy atom. The van der Waals surface area contributed by atoms with Crippen molar-refractivity contribution in [1.82, 2.24) is 4.90 Å². The molecule has 0 fully saturated rings. The zero-order valence-corrected chi connectivity index (χ0v) is 9.61. The topological polar surface area (TPSA) is 63.4 Å². The van der Waals surface area contributed by atoms with Crippen LogP contribution in [0.4, 0.5) is 0 Å². The standard InChI is InChI=1S/C10H11BrN2O2/c11-9-3-1-8(2-4-9)5-13(7-14)6-10(12)15/h1-4,7H,5-6H2,(H2,12,15). The Balaban J connectivity index is 2.62. The Labute approximate surface area is 96.2 Å². The number of primary amides is 1. The summed E-state index contributed by atoms with van der Waals surface area (Å²) in [6.45, 7) is 0.333. The minimum Gasteiger partial charge on any atom is -0.368 e. The molecule has 1 aromatic carbocycles. The quantitative estimate of drug-likeness (QED) is 0.808. The number of amides is 2. The van der Waals surface area contributed by atoms with Gasteiger partial charge in [0.25, 0.3) is 0 Å². The first-order valence-electron chi connectivity index (χ1n) is 4.34. The van der Waals surface area contributed by atoms with Gasteiger partial charge < -0.3 is 10.6 Å². The molecule has 0 aliphatic carbocycles. The molecule has 0 heterocycles. The van der Waals surface area contributed by atoms with Crippen LogP contribution in [0.1, 0.15) is 5.56 Å². The van der Waals surface area contributed by atoms with Crippen LogP contribution in [-0.4, -0.2) is 23.8 Å². The molecular weight excluding hydrogens is 260 g/mol. The molecule has 15 heavy (non-hydrogen) atoms.